The maximum absolute atomic E-state index is 13.2. The number of halogens is 1. The van der Waals surface area contributed by atoms with Crippen LogP contribution in [0, 0.1) is 0 Å². The largest absolute Gasteiger partial charge is 0.469 e. The van der Waals surface area contributed by atoms with Gasteiger partial charge in [0.2, 0.25) is 5.91 Å². The zero-order valence-electron chi connectivity index (χ0n) is 18.0. The molecule has 2 amide bonds. The number of nitrogens with one attached hydrogen (secondary N) is 1. The summed E-state index contributed by atoms with van der Waals surface area (Å²) in [5.74, 6) is -0.957. The number of unbranched alkanes of at least 4 members (excludes halogenated alkanes) is 7. The van der Waals surface area contributed by atoms with E-state index in [2.05, 4.69) is 17.0 Å². The van der Waals surface area contributed by atoms with E-state index >= 15 is 0 Å². The smallest absolute Gasteiger partial charge is 0.305 e. The van der Waals surface area contributed by atoms with Crippen LogP contribution in [0.5, 0.6) is 0 Å². The quantitative estimate of drug-likeness (QED) is 0.374. The number of carbonyl (C=O) groups is 3. The summed E-state index contributed by atoms with van der Waals surface area (Å²) in [5.41, 5.74) is 0.960. The Kier molecular flexibility index (Phi) is 10.1. The summed E-state index contributed by atoms with van der Waals surface area (Å²) in [4.78, 5) is 39.1. The summed E-state index contributed by atoms with van der Waals surface area (Å²) >= 11 is 6.09. The van der Waals surface area contributed by atoms with Gasteiger partial charge in [-0.05, 0) is 31.0 Å². The Morgan fingerprint density at radius 2 is 1.77 bits per heavy atom. The molecule has 7 heteroatoms. The van der Waals surface area contributed by atoms with Crippen molar-refractivity contribution < 1.29 is 19.1 Å². The molecule has 2 rings (SSSR count). The average Bonchev–Trinajstić information content (AvgIpc) is 2.83. The van der Waals surface area contributed by atoms with Crippen molar-refractivity contribution >= 4 is 35.1 Å². The van der Waals surface area contributed by atoms with Crippen molar-refractivity contribution in [3.63, 3.8) is 0 Å². The number of fused-ring (bicyclic) bond motifs is 1. The van der Waals surface area contributed by atoms with Crippen LogP contribution >= 0.6 is 11.6 Å². The summed E-state index contributed by atoms with van der Waals surface area (Å²) < 4.78 is 4.67. The van der Waals surface area contributed by atoms with Crippen LogP contribution in [0.15, 0.2) is 18.2 Å². The molecule has 0 saturated carbocycles. The second-order valence-corrected chi connectivity index (χ2v) is 8.20. The van der Waals surface area contributed by atoms with Crippen molar-refractivity contribution in [3.8, 4) is 0 Å². The van der Waals surface area contributed by atoms with Crippen molar-refractivity contribution in [2.24, 2.45) is 0 Å². The van der Waals surface area contributed by atoms with E-state index in [9.17, 15) is 14.4 Å². The fourth-order valence-electron chi connectivity index (χ4n) is 3.72. The third-order valence-electron chi connectivity index (χ3n) is 5.46. The van der Waals surface area contributed by atoms with Crippen LogP contribution in [0.4, 0.5) is 5.69 Å². The van der Waals surface area contributed by atoms with Gasteiger partial charge in [-0.1, -0.05) is 63.5 Å². The van der Waals surface area contributed by atoms with E-state index in [0.717, 1.165) is 19.3 Å². The molecule has 30 heavy (non-hydrogen) atoms. The standard InChI is InChI=1S/C23H33ClN2O4/c1-3-4-5-6-7-8-9-10-15-26-20-13-11-17(24)16-18(20)22(28)25-19(23(26)29)12-14-21(27)30-2/h11,13,16,19H,3-10,12,14-15H2,1-2H3,(H,25,28). The Hall–Kier alpha value is -2.08. The van der Waals surface area contributed by atoms with Crippen molar-refractivity contribution in [1.82, 2.24) is 5.32 Å². The van der Waals surface area contributed by atoms with Crippen LogP contribution in [0.3, 0.4) is 0 Å². The van der Waals surface area contributed by atoms with E-state index in [0.29, 0.717) is 22.8 Å². The molecule has 0 spiro atoms. The molecule has 0 aromatic heterocycles. The number of methoxy groups -OCH3 is 1. The fraction of sp³-hybridized carbons (Fsp3) is 0.609. The highest BCUT2D eigenvalue weighted by molar-refractivity contribution is 6.31. The predicted molar refractivity (Wildman–Crippen MR) is 119 cm³/mol. The van der Waals surface area contributed by atoms with E-state index in [1.807, 2.05) is 0 Å². The topological polar surface area (TPSA) is 75.7 Å². The molecule has 0 aliphatic carbocycles. The number of amides is 2. The van der Waals surface area contributed by atoms with Crippen LogP contribution in [-0.2, 0) is 14.3 Å². The maximum atomic E-state index is 13.2. The maximum Gasteiger partial charge on any atom is 0.305 e. The van der Waals surface area contributed by atoms with Crippen LogP contribution in [0.25, 0.3) is 0 Å². The Morgan fingerprint density at radius 1 is 1.10 bits per heavy atom. The molecule has 1 heterocycles. The summed E-state index contributed by atoms with van der Waals surface area (Å²) in [6.07, 6.45) is 9.58. The highest BCUT2D eigenvalue weighted by Gasteiger charge is 2.33. The van der Waals surface area contributed by atoms with Crippen LogP contribution in [0.1, 0.15) is 81.5 Å². The minimum absolute atomic E-state index is 0.0654. The zero-order valence-corrected chi connectivity index (χ0v) is 18.8. The highest BCUT2D eigenvalue weighted by Crippen LogP contribution is 2.28. The lowest BCUT2D eigenvalue weighted by molar-refractivity contribution is -0.140. The Labute approximate surface area is 184 Å². The average molecular weight is 437 g/mol. The van der Waals surface area contributed by atoms with E-state index < -0.39 is 12.0 Å². The first-order chi connectivity index (χ1) is 14.5. The number of hydrogen-bond donors (Lipinski definition) is 1. The number of esters is 1. The van der Waals surface area contributed by atoms with Gasteiger partial charge >= 0.3 is 5.97 Å². The highest BCUT2D eigenvalue weighted by atomic mass is 35.5. The van der Waals surface area contributed by atoms with Gasteiger partial charge in [-0.15, -0.1) is 0 Å². The summed E-state index contributed by atoms with van der Waals surface area (Å²) in [5, 5.41) is 3.20. The minimum atomic E-state index is -0.767. The van der Waals surface area contributed by atoms with Crippen LogP contribution < -0.4 is 10.2 Å². The van der Waals surface area contributed by atoms with E-state index in [1.54, 1.807) is 23.1 Å². The van der Waals surface area contributed by atoms with Crippen molar-refractivity contribution in [1.29, 1.82) is 0 Å². The van der Waals surface area contributed by atoms with Crippen LogP contribution in [0.2, 0.25) is 5.02 Å². The molecule has 1 unspecified atom stereocenters. The SMILES string of the molecule is CCCCCCCCCCN1C(=O)C(CCC(=O)OC)NC(=O)c2cc(Cl)ccc21. The Bertz CT molecular complexity index is 738. The molecule has 1 N–H and O–H groups in total. The number of nitrogens with zero attached hydrogens (tertiary/aromatic N) is 1. The first kappa shape index (κ1) is 24.2. The molecule has 0 radical (unpaired) electrons. The fourth-order valence-corrected chi connectivity index (χ4v) is 3.90. The van der Waals surface area contributed by atoms with E-state index in [1.165, 1.54) is 39.2 Å². The van der Waals surface area contributed by atoms with Gasteiger partial charge in [0.05, 0.1) is 18.4 Å². The van der Waals surface area contributed by atoms with Gasteiger partial charge in [0.1, 0.15) is 6.04 Å². The molecule has 1 aromatic carbocycles. The van der Waals surface area contributed by atoms with Gasteiger partial charge in [-0.2, -0.15) is 0 Å². The molecule has 0 bridgehead atoms. The second kappa shape index (κ2) is 12.6. The summed E-state index contributed by atoms with van der Waals surface area (Å²) in [7, 11) is 1.31. The van der Waals surface area contributed by atoms with Crippen molar-refractivity contribution in [2.45, 2.75) is 77.2 Å². The molecule has 1 aromatic rings. The normalized spacial score (nSPS) is 16.1. The predicted octanol–water partition coefficient (Wildman–Crippen LogP) is 4.88. The molecule has 0 saturated heterocycles. The molecular formula is C23H33ClN2O4. The molecule has 1 aliphatic heterocycles. The Morgan fingerprint density at radius 3 is 2.43 bits per heavy atom. The molecule has 1 aliphatic rings. The lowest BCUT2D eigenvalue weighted by Gasteiger charge is -2.25. The lowest BCUT2D eigenvalue weighted by Crippen LogP contribution is -2.46. The number of anilines is 1. The molecular weight excluding hydrogens is 404 g/mol. The zero-order chi connectivity index (χ0) is 21.9. The van der Waals surface area contributed by atoms with Gasteiger partial charge < -0.3 is 15.0 Å². The van der Waals surface area contributed by atoms with E-state index in [4.69, 9.17) is 11.6 Å². The van der Waals surface area contributed by atoms with Crippen molar-refractivity contribution in [3.05, 3.63) is 28.8 Å². The number of carbonyl (C=O) groups excluding carboxylic acids is 3. The third kappa shape index (κ3) is 7.01. The molecule has 0 fully saturated rings. The van der Waals surface area contributed by atoms with Gasteiger partial charge in [0.15, 0.2) is 0 Å². The lowest BCUT2D eigenvalue weighted by atomic mass is 10.1. The second-order valence-electron chi connectivity index (χ2n) is 7.77. The number of ether oxygens (including phenoxy) is 1. The number of hydrogen-bond acceptors (Lipinski definition) is 4. The summed E-state index contributed by atoms with van der Waals surface area (Å²) in [6.45, 7) is 2.74. The molecule has 166 valence electrons. The van der Waals surface area contributed by atoms with E-state index in [-0.39, 0.29) is 24.7 Å². The number of rotatable bonds is 12. The first-order valence-electron chi connectivity index (χ1n) is 11.0. The first-order valence-corrected chi connectivity index (χ1v) is 11.3. The van der Waals surface area contributed by atoms with Gasteiger partial charge in [0.25, 0.3) is 5.91 Å². The monoisotopic (exact) mass is 436 g/mol. The Balaban J connectivity index is 2.05. The van der Waals surface area contributed by atoms with Gasteiger partial charge in [0, 0.05) is 18.0 Å². The molecule has 1 atom stereocenters. The number of benzene rings is 1. The van der Waals surface area contributed by atoms with Crippen molar-refractivity contribution in [2.75, 3.05) is 18.6 Å². The third-order valence-corrected chi connectivity index (χ3v) is 5.70. The van der Waals surface area contributed by atoms with Gasteiger partial charge in [-0.3, -0.25) is 14.4 Å². The minimum Gasteiger partial charge on any atom is -0.469 e. The van der Waals surface area contributed by atoms with Crippen LogP contribution in [-0.4, -0.2) is 37.5 Å². The summed E-state index contributed by atoms with van der Waals surface area (Å²) in [6, 6.07) is 4.24. The van der Waals surface area contributed by atoms with Gasteiger partial charge in [-0.25, -0.2) is 0 Å². The molecule has 6 nitrogen and oxygen atoms in total.